The van der Waals surface area contributed by atoms with Crippen LogP contribution in [0.15, 0.2) is 6.07 Å². The topological polar surface area (TPSA) is 44.8 Å². The molecule has 0 saturated heterocycles. The van der Waals surface area contributed by atoms with Crippen LogP contribution in [0, 0.1) is 5.92 Å². The Labute approximate surface area is 124 Å². The maximum Gasteiger partial charge on any atom is 0.309 e. The molecule has 5 heteroatoms. The van der Waals surface area contributed by atoms with Crippen molar-refractivity contribution in [3.8, 4) is 11.5 Å². The van der Waals surface area contributed by atoms with Crippen LogP contribution in [0.25, 0.3) is 0 Å². The molecule has 2 rings (SSSR count). The molecule has 1 aromatic rings. The second-order valence-corrected chi connectivity index (χ2v) is 5.13. The van der Waals surface area contributed by atoms with E-state index in [1.165, 1.54) is 0 Å². The molecule has 1 aliphatic carbocycles. The molecule has 0 aromatic heterocycles. The summed E-state index contributed by atoms with van der Waals surface area (Å²) in [6, 6.07) is 1.91. The molecule has 110 valence electrons. The van der Waals surface area contributed by atoms with Crippen LogP contribution in [0.3, 0.4) is 0 Å². The summed E-state index contributed by atoms with van der Waals surface area (Å²) < 4.78 is 15.7. The molecule has 0 aliphatic heterocycles. The predicted molar refractivity (Wildman–Crippen MR) is 76.7 cm³/mol. The van der Waals surface area contributed by atoms with Crippen molar-refractivity contribution in [2.24, 2.45) is 5.92 Å². The monoisotopic (exact) mass is 298 g/mol. The van der Waals surface area contributed by atoms with Gasteiger partial charge in [-0.25, -0.2) is 0 Å². The fourth-order valence-electron chi connectivity index (χ4n) is 2.64. The van der Waals surface area contributed by atoms with E-state index in [-0.39, 0.29) is 11.9 Å². The van der Waals surface area contributed by atoms with E-state index >= 15 is 0 Å². The molecular weight excluding hydrogens is 280 g/mol. The lowest BCUT2D eigenvalue weighted by Crippen LogP contribution is -2.25. The number of carbonyl (C=O) groups is 1. The summed E-state index contributed by atoms with van der Waals surface area (Å²) >= 11 is 6.38. The molecule has 1 atom stereocenters. The lowest BCUT2D eigenvalue weighted by molar-refractivity contribution is -0.148. The normalized spacial score (nSPS) is 17.3. The summed E-state index contributed by atoms with van der Waals surface area (Å²) in [7, 11) is 3.15. The molecule has 4 nitrogen and oxygen atoms in total. The molecule has 1 aromatic carbocycles. The van der Waals surface area contributed by atoms with E-state index < -0.39 is 0 Å². The molecule has 0 saturated carbocycles. The highest BCUT2D eigenvalue weighted by molar-refractivity contribution is 6.33. The van der Waals surface area contributed by atoms with Crippen molar-refractivity contribution >= 4 is 17.6 Å². The van der Waals surface area contributed by atoms with Crippen LogP contribution < -0.4 is 9.47 Å². The molecule has 1 unspecified atom stereocenters. The maximum absolute atomic E-state index is 11.9. The largest absolute Gasteiger partial charge is 0.493 e. The first kappa shape index (κ1) is 15.0. The predicted octanol–water partition coefficient (Wildman–Crippen LogP) is 3.03. The second kappa shape index (κ2) is 6.35. The number of carbonyl (C=O) groups excluding carboxylic acids is 1. The number of hydrogen-bond donors (Lipinski definition) is 0. The quantitative estimate of drug-likeness (QED) is 0.802. The third-order valence-electron chi connectivity index (χ3n) is 3.63. The minimum absolute atomic E-state index is 0.100. The summed E-state index contributed by atoms with van der Waals surface area (Å²) in [5, 5.41) is 0.587. The zero-order chi connectivity index (χ0) is 14.7. The third kappa shape index (κ3) is 2.70. The summed E-state index contributed by atoms with van der Waals surface area (Å²) in [5.41, 5.74) is 2.09. The molecule has 0 fully saturated rings. The van der Waals surface area contributed by atoms with Crippen LogP contribution >= 0.6 is 11.6 Å². The van der Waals surface area contributed by atoms with Gasteiger partial charge >= 0.3 is 5.97 Å². The summed E-state index contributed by atoms with van der Waals surface area (Å²) in [4.78, 5) is 11.9. The van der Waals surface area contributed by atoms with Crippen molar-refractivity contribution in [3.05, 3.63) is 22.2 Å². The maximum atomic E-state index is 11.9. The first-order chi connectivity index (χ1) is 9.62. The second-order valence-electron chi connectivity index (χ2n) is 4.76. The SMILES string of the molecule is CCOC(=O)C1CCc2c(cc(OC)c(OC)c2Cl)C1. The third-order valence-corrected chi connectivity index (χ3v) is 4.03. The van der Waals surface area contributed by atoms with Gasteiger partial charge in [0.2, 0.25) is 0 Å². The van der Waals surface area contributed by atoms with Crippen LogP contribution in [0.2, 0.25) is 5.02 Å². The van der Waals surface area contributed by atoms with Crippen molar-refractivity contribution in [3.63, 3.8) is 0 Å². The summed E-state index contributed by atoms with van der Waals surface area (Å²) in [6.07, 6.45) is 2.13. The highest BCUT2D eigenvalue weighted by Gasteiger charge is 2.29. The number of rotatable bonds is 4. The van der Waals surface area contributed by atoms with Crippen molar-refractivity contribution in [2.75, 3.05) is 20.8 Å². The van der Waals surface area contributed by atoms with Crippen LogP contribution in [0.5, 0.6) is 11.5 Å². The molecule has 20 heavy (non-hydrogen) atoms. The van der Waals surface area contributed by atoms with E-state index in [1.54, 1.807) is 14.2 Å². The Morgan fingerprint density at radius 1 is 1.40 bits per heavy atom. The van der Waals surface area contributed by atoms with E-state index in [9.17, 15) is 4.79 Å². The number of methoxy groups -OCH3 is 2. The standard InChI is InChI=1S/C15H19ClO4/c1-4-20-15(17)9-5-6-11-10(7-9)8-12(18-2)14(19-3)13(11)16/h8-9H,4-7H2,1-3H3. The minimum atomic E-state index is -0.135. The number of halogens is 1. The summed E-state index contributed by atoms with van der Waals surface area (Å²) in [6.45, 7) is 2.23. The molecule has 0 spiro atoms. The number of benzene rings is 1. The van der Waals surface area contributed by atoms with Crippen LogP contribution in [-0.2, 0) is 22.4 Å². The van der Waals surface area contributed by atoms with E-state index in [1.807, 2.05) is 13.0 Å². The van der Waals surface area contributed by atoms with Gasteiger partial charge < -0.3 is 14.2 Å². The van der Waals surface area contributed by atoms with Gasteiger partial charge in [-0.1, -0.05) is 11.6 Å². The van der Waals surface area contributed by atoms with Gasteiger partial charge in [0.25, 0.3) is 0 Å². The van der Waals surface area contributed by atoms with E-state index in [0.29, 0.717) is 29.5 Å². The lowest BCUT2D eigenvalue weighted by atomic mass is 9.83. The van der Waals surface area contributed by atoms with Gasteiger partial charge in [0, 0.05) is 0 Å². The zero-order valence-corrected chi connectivity index (χ0v) is 12.8. The van der Waals surface area contributed by atoms with E-state index in [4.69, 9.17) is 25.8 Å². The number of hydrogen-bond acceptors (Lipinski definition) is 4. The van der Waals surface area contributed by atoms with Gasteiger partial charge in [-0.15, -0.1) is 0 Å². The van der Waals surface area contributed by atoms with Gasteiger partial charge in [-0.05, 0) is 43.4 Å². The molecule has 0 heterocycles. The van der Waals surface area contributed by atoms with Gasteiger partial charge in [0.1, 0.15) is 0 Å². The van der Waals surface area contributed by atoms with Gasteiger partial charge in [0.05, 0.1) is 31.8 Å². The fourth-order valence-corrected chi connectivity index (χ4v) is 3.02. The number of esters is 1. The molecule has 0 radical (unpaired) electrons. The average Bonchev–Trinajstić information content (AvgIpc) is 2.46. The Morgan fingerprint density at radius 2 is 2.15 bits per heavy atom. The minimum Gasteiger partial charge on any atom is -0.493 e. The van der Waals surface area contributed by atoms with E-state index in [2.05, 4.69) is 0 Å². The van der Waals surface area contributed by atoms with Crippen LogP contribution in [0.4, 0.5) is 0 Å². The molecule has 1 aliphatic rings. The first-order valence-corrected chi connectivity index (χ1v) is 7.09. The van der Waals surface area contributed by atoms with Crippen molar-refractivity contribution in [2.45, 2.75) is 26.2 Å². The first-order valence-electron chi connectivity index (χ1n) is 6.71. The highest BCUT2D eigenvalue weighted by Crippen LogP contribution is 2.43. The highest BCUT2D eigenvalue weighted by atomic mass is 35.5. The van der Waals surface area contributed by atoms with E-state index in [0.717, 1.165) is 24.0 Å². The molecule has 0 bridgehead atoms. The average molecular weight is 299 g/mol. The van der Waals surface area contributed by atoms with Gasteiger partial charge in [-0.2, -0.15) is 0 Å². The van der Waals surface area contributed by atoms with Crippen LogP contribution in [0.1, 0.15) is 24.5 Å². The Balaban J connectivity index is 2.33. The molecular formula is C15H19ClO4. The number of ether oxygens (including phenoxy) is 3. The lowest BCUT2D eigenvalue weighted by Gasteiger charge is -2.25. The fraction of sp³-hybridized carbons (Fsp3) is 0.533. The smallest absolute Gasteiger partial charge is 0.309 e. The van der Waals surface area contributed by atoms with Crippen molar-refractivity contribution < 1.29 is 19.0 Å². The Hall–Kier alpha value is -1.42. The number of fused-ring (bicyclic) bond motifs is 1. The van der Waals surface area contributed by atoms with Gasteiger partial charge in [-0.3, -0.25) is 4.79 Å². The zero-order valence-electron chi connectivity index (χ0n) is 12.0. The Kier molecular flexibility index (Phi) is 4.76. The molecule has 0 amide bonds. The van der Waals surface area contributed by atoms with Crippen molar-refractivity contribution in [1.29, 1.82) is 0 Å². The Bertz CT molecular complexity index is 513. The Morgan fingerprint density at radius 3 is 2.75 bits per heavy atom. The summed E-state index contributed by atoms with van der Waals surface area (Å²) in [5.74, 6) is 0.920. The van der Waals surface area contributed by atoms with Crippen LogP contribution in [-0.4, -0.2) is 26.8 Å². The molecule has 0 N–H and O–H groups in total. The van der Waals surface area contributed by atoms with Gasteiger partial charge in [0.15, 0.2) is 11.5 Å². The van der Waals surface area contributed by atoms with Crippen molar-refractivity contribution in [1.82, 2.24) is 0 Å².